The predicted octanol–water partition coefficient (Wildman–Crippen LogP) is 4.66. The van der Waals surface area contributed by atoms with Crippen LogP contribution in [0, 0.1) is 6.92 Å². The molecular formula is C14H13BrClNO. The lowest BCUT2D eigenvalue weighted by molar-refractivity contribution is 0.473. The smallest absolute Gasteiger partial charge is 0.141 e. The highest BCUT2D eigenvalue weighted by atomic mass is 79.9. The van der Waals surface area contributed by atoms with Gasteiger partial charge < -0.3 is 10.5 Å². The van der Waals surface area contributed by atoms with E-state index in [0.717, 1.165) is 15.8 Å². The molecule has 0 aliphatic rings. The summed E-state index contributed by atoms with van der Waals surface area (Å²) in [5, 5.41) is 0.623. The molecule has 0 saturated heterocycles. The number of aryl methyl sites for hydroxylation is 1. The second kappa shape index (κ2) is 5.74. The van der Waals surface area contributed by atoms with Gasteiger partial charge >= 0.3 is 0 Å². The van der Waals surface area contributed by atoms with E-state index in [-0.39, 0.29) is 0 Å². The van der Waals surface area contributed by atoms with Gasteiger partial charge in [-0.2, -0.15) is 0 Å². The third-order valence-electron chi connectivity index (χ3n) is 2.59. The summed E-state index contributed by atoms with van der Waals surface area (Å²) in [5.41, 5.74) is 7.67. The second-order valence-corrected chi connectivity index (χ2v) is 5.22. The summed E-state index contributed by atoms with van der Waals surface area (Å²) < 4.78 is 6.76. The van der Waals surface area contributed by atoms with Crippen LogP contribution in [-0.4, -0.2) is 0 Å². The van der Waals surface area contributed by atoms with Crippen LogP contribution in [0.2, 0.25) is 5.02 Å². The van der Waals surface area contributed by atoms with Crippen LogP contribution in [0.4, 0.5) is 0 Å². The molecule has 2 N–H and O–H groups in total. The van der Waals surface area contributed by atoms with Crippen molar-refractivity contribution in [1.82, 2.24) is 0 Å². The van der Waals surface area contributed by atoms with Gasteiger partial charge in [0.15, 0.2) is 0 Å². The standard InChI is InChI=1S/C14H13BrClNO/c1-9-5-6-14(11(15)7-9)18-13-4-2-3-12(16)10(13)8-17/h2-7H,8,17H2,1H3. The lowest BCUT2D eigenvalue weighted by atomic mass is 10.2. The monoisotopic (exact) mass is 325 g/mol. The van der Waals surface area contributed by atoms with E-state index >= 15 is 0 Å². The molecule has 0 aromatic heterocycles. The van der Waals surface area contributed by atoms with Crippen LogP contribution in [0.1, 0.15) is 11.1 Å². The maximum absolute atomic E-state index is 6.09. The molecule has 0 aliphatic heterocycles. The molecule has 2 aromatic rings. The van der Waals surface area contributed by atoms with Crippen molar-refractivity contribution in [3.05, 3.63) is 57.0 Å². The van der Waals surface area contributed by atoms with Gasteiger partial charge in [0.1, 0.15) is 11.5 Å². The molecule has 0 fully saturated rings. The first-order valence-electron chi connectivity index (χ1n) is 5.53. The lowest BCUT2D eigenvalue weighted by Crippen LogP contribution is -2.00. The predicted molar refractivity (Wildman–Crippen MR) is 78.3 cm³/mol. The van der Waals surface area contributed by atoms with Crippen LogP contribution in [0.15, 0.2) is 40.9 Å². The fourth-order valence-corrected chi connectivity index (χ4v) is 2.46. The molecule has 0 unspecified atom stereocenters. The Morgan fingerprint density at radius 3 is 2.67 bits per heavy atom. The van der Waals surface area contributed by atoms with Crippen LogP contribution in [0.5, 0.6) is 11.5 Å². The molecule has 0 aliphatic carbocycles. The lowest BCUT2D eigenvalue weighted by Gasteiger charge is -2.12. The van der Waals surface area contributed by atoms with E-state index in [9.17, 15) is 0 Å². The summed E-state index contributed by atoms with van der Waals surface area (Å²) in [6.45, 7) is 2.37. The SMILES string of the molecule is Cc1ccc(Oc2cccc(Cl)c2CN)c(Br)c1. The van der Waals surface area contributed by atoms with Crippen molar-refractivity contribution in [3.8, 4) is 11.5 Å². The number of hydrogen-bond acceptors (Lipinski definition) is 2. The van der Waals surface area contributed by atoms with E-state index in [4.69, 9.17) is 22.1 Å². The zero-order valence-corrected chi connectivity index (χ0v) is 12.3. The van der Waals surface area contributed by atoms with Crippen molar-refractivity contribution in [2.75, 3.05) is 0 Å². The molecule has 2 rings (SSSR count). The Hall–Kier alpha value is -1.03. The van der Waals surface area contributed by atoms with Crippen molar-refractivity contribution < 1.29 is 4.74 Å². The van der Waals surface area contributed by atoms with E-state index < -0.39 is 0 Å². The molecule has 0 atom stereocenters. The molecule has 0 heterocycles. The number of rotatable bonds is 3. The van der Waals surface area contributed by atoms with Gasteiger partial charge in [0, 0.05) is 17.1 Å². The van der Waals surface area contributed by atoms with E-state index in [1.54, 1.807) is 6.07 Å². The molecule has 2 aromatic carbocycles. The first-order valence-corrected chi connectivity index (χ1v) is 6.70. The van der Waals surface area contributed by atoms with E-state index in [2.05, 4.69) is 15.9 Å². The van der Waals surface area contributed by atoms with E-state index in [0.29, 0.717) is 17.3 Å². The Kier molecular flexibility index (Phi) is 4.27. The van der Waals surface area contributed by atoms with Crippen LogP contribution in [0.25, 0.3) is 0 Å². The average Bonchev–Trinajstić information content (AvgIpc) is 2.33. The normalized spacial score (nSPS) is 10.4. The van der Waals surface area contributed by atoms with Crippen molar-refractivity contribution in [2.45, 2.75) is 13.5 Å². The minimum Gasteiger partial charge on any atom is -0.456 e. The van der Waals surface area contributed by atoms with Gasteiger partial charge in [0.05, 0.1) is 4.47 Å². The number of ether oxygens (including phenoxy) is 1. The zero-order chi connectivity index (χ0) is 13.1. The molecule has 18 heavy (non-hydrogen) atoms. The van der Waals surface area contributed by atoms with Gasteiger partial charge in [-0.15, -0.1) is 0 Å². The Morgan fingerprint density at radius 2 is 2.00 bits per heavy atom. The molecule has 0 amide bonds. The van der Waals surface area contributed by atoms with Crippen LogP contribution < -0.4 is 10.5 Å². The van der Waals surface area contributed by atoms with Crippen molar-refractivity contribution in [1.29, 1.82) is 0 Å². The fraction of sp³-hybridized carbons (Fsp3) is 0.143. The minimum atomic E-state index is 0.346. The molecule has 94 valence electrons. The summed E-state index contributed by atoms with van der Waals surface area (Å²) in [4.78, 5) is 0. The fourth-order valence-electron chi connectivity index (χ4n) is 1.64. The topological polar surface area (TPSA) is 35.2 Å². The number of hydrogen-bond donors (Lipinski definition) is 1. The maximum atomic E-state index is 6.09. The van der Waals surface area contributed by atoms with Crippen molar-refractivity contribution in [2.24, 2.45) is 5.73 Å². The summed E-state index contributed by atoms with van der Waals surface area (Å²) in [6, 6.07) is 11.4. The number of nitrogens with two attached hydrogens (primary N) is 1. The number of halogens is 2. The second-order valence-electron chi connectivity index (χ2n) is 3.96. The molecule has 0 saturated carbocycles. The van der Waals surface area contributed by atoms with E-state index in [1.165, 1.54) is 5.56 Å². The Balaban J connectivity index is 2.37. The van der Waals surface area contributed by atoms with Gasteiger partial charge in [-0.25, -0.2) is 0 Å². The molecule has 0 radical (unpaired) electrons. The van der Waals surface area contributed by atoms with E-state index in [1.807, 2.05) is 37.3 Å². The number of benzene rings is 2. The largest absolute Gasteiger partial charge is 0.456 e. The Morgan fingerprint density at radius 1 is 1.22 bits per heavy atom. The Bertz CT molecular complexity index is 572. The third kappa shape index (κ3) is 2.86. The summed E-state index contributed by atoms with van der Waals surface area (Å²) in [5.74, 6) is 1.44. The average molecular weight is 327 g/mol. The van der Waals surface area contributed by atoms with Crippen molar-refractivity contribution in [3.63, 3.8) is 0 Å². The highest BCUT2D eigenvalue weighted by Gasteiger charge is 2.09. The Labute approximate surface area is 120 Å². The van der Waals surface area contributed by atoms with Gasteiger partial charge in [0.25, 0.3) is 0 Å². The van der Waals surface area contributed by atoms with Gasteiger partial charge in [-0.3, -0.25) is 0 Å². The first kappa shape index (κ1) is 13.4. The highest BCUT2D eigenvalue weighted by molar-refractivity contribution is 9.10. The first-order chi connectivity index (χ1) is 8.61. The maximum Gasteiger partial charge on any atom is 0.141 e. The molecule has 4 heteroatoms. The van der Waals surface area contributed by atoms with Crippen LogP contribution in [0.3, 0.4) is 0 Å². The van der Waals surface area contributed by atoms with Crippen LogP contribution >= 0.6 is 27.5 Å². The van der Waals surface area contributed by atoms with Crippen LogP contribution in [-0.2, 0) is 6.54 Å². The minimum absolute atomic E-state index is 0.346. The quantitative estimate of drug-likeness (QED) is 0.890. The summed E-state index contributed by atoms with van der Waals surface area (Å²) >= 11 is 9.57. The zero-order valence-electron chi connectivity index (χ0n) is 9.91. The van der Waals surface area contributed by atoms with Gasteiger partial charge in [-0.1, -0.05) is 23.7 Å². The molecule has 0 spiro atoms. The summed E-state index contributed by atoms with van der Waals surface area (Å²) in [7, 11) is 0. The van der Waals surface area contributed by atoms with Gasteiger partial charge in [-0.05, 0) is 52.7 Å². The molecule has 2 nitrogen and oxygen atoms in total. The molecule has 0 bridgehead atoms. The van der Waals surface area contributed by atoms with Crippen molar-refractivity contribution >= 4 is 27.5 Å². The molecular weight excluding hydrogens is 314 g/mol. The summed E-state index contributed by atoms with van der Waals surface area (Å²) in [6.07, 6.45) is 0. The van der Waals surface area contributed by atoms with Gasteiger partial charge in [0.2, 0.25) is 0 Å². The highest BCUT2D eigenvalue weighted by Crippen LogP contribution is 2.34. The third-order valence-corrected chi connectivity index (χ3v) is 3.56.